The van der Waals surface area contributed by atoms with E-state index in [2.05, 4.69) is 33.7 Å². The normalized spacial score (nSPS) is 5.36. The van der Waals surface area contributed by atoms with Crippen LogP contribution in [0, 0.1) is 0 Å². The maximum atomic E-state index is 9.51. The third-order valence-electron chi connectivity index (χ3n) is 0. The summed E-state index contributed by atoms with van der Waals surface area (Å²) in [6, 6.07) is 0. The van der Waals surface area contributed by atoms with Gasteiger partial charge < -0.3 is 62.0 Å². The van der Waals surface area contributed by atoms with Crippen molar-refractivity contribution in [3.63, 3.8) is 0 Å². The van der Waals surface area contributed by atoms with E-state index in [1.54, 1.807) is 0 Å². The number of hydrogen-bond donors (Lipinski definition) is 0. The van der Waals surface area contributed by atoms with E-state index in [0.29, 0.717) is 0 Å². The zero-order valence-corrected chi connectivity index (χ0v) is 14.5. The Labute approximate surface area is 126 Å². The van der Waals surface area contributed by atoms with Gasteiger partial charge in [0.2, 0.25) is 0 Å². The second-order valence-electron chi connectivity index (χ2n) is 0.399. The minimum Gasteiger partial charge on any atom is -1.00 e. The molecule has 0 atom stereocenters. The summed E-state index contributed by atoms with van der Waals surface area (Å²) in [5.74, 6) is 0. The zero-order valence-electron chi connectivity index (χ0n) is 4.33. The summed E-state index contributed by atoms with van der Waals surface area (Å²) in [7, 11) is 0. The van der Waals surface area contributed by atoms with E-state index in [4.69, 9.17) is 0 Å². The predicted molar refractivity (Wildman–Crippen MR) is 25.2 cm³/mol. The Kier molecular flexibility index (Phi) is 100. The van der Waals surface area contributed by atoms with Crippen LogP contribution in [0.15, 0.2) is 0 Å². The van der Waals surface area contributed by atoms with Crippen molar-refractivity contribution in [2.45, 2.75) is 0 Å². The SMILES string of the molecule is O=P(Cl)(Cl)Cl.[Cl-].[Cl-].[Cl-].[Cl-].[Cl-].[Ta+5]. The molecule has 0 amide bonds. The Hall–Kier alpha value is 3.29. The molecule has 11 heteroatoms. The molecule has 0 heterocycles. The molecular formula is Cl8OPTa. The molecule has 11 heavy (non-hydrogen) atoms. The Bertz CT molecular complexity index is 60.2. The van der Waals surface area contributed by atoms with E-state index in [-0.39, 0.29) is 84.4 Å². The van der Waals surface area contributed by atoms with E-state index < -0.39 is 5.20 Å². The predicted octanol–water partition coefficient (Wildman–Crippen LogP) is -12.2. The van der Waals surface area contributed by atoms with Crippen LogP contribution in [0.4, 0.5) is 0 Å². The van der Waals surface area contributed by atoms with Crippen LogP contribution in [-0.4, -0.2) is 0 Å². The first-order valence-corrected chi connectivity index (χ1v) is 5.11. The van der Waals surface area contributed by atoms with Gasteiger partial charge in [0.25, 0.3) is 0 Å². The van der Waals surface area contributed by atoms with Crippen LogP contribution in [0.25, 0.3) is 0 Å². The van der Waals surface area contributed by atoms with Crippen LogP contribution in [0.2, 0.25) is 0 Å². The molecule has 0 N–H and O–H groups in total. The van der Waals surface area contributed by atoms with E-state index in [1.807, 2.05) is 0 Å². The van der Waals surface area contributed by atoms with Gasteiger partial charge in [-0.3, -0.25) is 4.57 Å². The molecule has 1 nitrogen and oxygen atoms in total. The molecule has 0 aromatic rings. The van der Waals surface area contributed by atoms with E-state index in [0.717, 1.165) is 0 Å². The van der Waals surface area contributed by atoms with Gasteiger partial charge in [-0.25, -0.2) is 0 Å². The van der Waals surface area contributed by atoms with Crippen molar-refractivity contribution in [2.24, 2.45) is 0 Å². The van der Waals surface area contributed by atoms with Crippen molar-refractivity contribution < 1.29 is 89.0 Å². The zero-order chi connectivity index (χ0) is 4.50. The second kappa shape index (κ2) is 23.3. The number of hydrogen-bond acceptors (Lipinski definition) is 1. The largest absolute Gasteiger partial charge is 5.00 e. The minimum absolute atomic E-state index is 0. The molecule has 0 aliphatic rings. The topological polar surface area (TPSA) is 17.1 Å². The van der Waals surface area contributed by atoms with Gasteiger partial charge in [-0.1, -0.05) is 0 Å². The Balaban J connectivity index is -0.00000000533. The van der Waals surface area contributed by atoms with Crippen LogP contribution < -0.4 is 62.0 Å². The molecule has 0 saturated heterocycles. The van der Waals surface area contributed by atoms with Gasteiger partial charge in [0.05, 0.1) is 0 Å². The van der Waals surface area contributed by atoms with Crippen LogP contribution in [0.1, 0.15) is 0 Å². The van der Waals surface area contributed by atoms with E-state index in [9.17, 15) is 4.57 Å². The average molecular weight is 512 g/mol. The van der Waals surface area contributed by atoms with Crippen molar-refractivity contribution in [1.82, 2.24) is 0 Å². The maximum Gasteiger partial charge on any atom is 5.00 e. The summed E-state index contributed by atoms with van der Waals surface area (Å²) in [6.07, 6.45) is 0. The molecule has 0 aliphatic heterocycles. The van der Waals surface area contributed by atoms with Gasteiger partial charge in [-0.2, -0.15) is 0 Å². The molecule has 0 aromatic heterocycles. The maximum absolute atomic E-state index is 9.51. The fraction of sp³-hybridized carbons (Fsp3) is 0. The summed E-state index contributed by atoms with van der Waals surface area (Å²) in [4.78, 5) is 0. The standard InChI is InChI=1S/Cl3OP.5ClH.Ta/c1-5(2,3)4;;;;;;/h;5*1H;/q;;;;;;+5/p-5. The third-order valence-corrected chi connectivity index (χ3v) is 0. The van der Waals surface area contributed by atoms with Crippen molar-refractivity contribution in [1.29, 1.82) is 0 Å². The average Bonchev–Trinajstić information content (AvgIpc) is 0.722. The monoisotopic (exact) mass is 508 g/mol. The summed E-state index contributed by atoms with van der Waals surface area (Å²) >= 11 is 13.8. The van der Waals surface area contributed by atoms with Crippen LogP contribution in [0.5, 0.6) is 0 Å². The Morgan fingerprint density at radius 2 is 0.727 bits per heavy atom. The van der Waals surface area contributed by atoms with Crippen molar-refractivity contribution in [2.75, 3.05) is 0 Å². The molecule has 0 saturated carbocycles. The van der Waals surface area contributed by atoms with Crippen LogP contribution in [0.3, 0.4) is 0 Å². The first-order valence-electron chi connectivity index (χ1n) is 0.690. The summed E-state index contributed by atoms with van der Waals surface area (Å²) < 4.78 is 9.51. The molecule has 0 radical (unpaired) electrons. The molecule has 0 unspecified atom stereocenters. The van der Waals surface area contributed by atoms with E-state index >= 15 is 0 Å². The van der Waals surface area contributed by atoms with Crippen LogP contribution in [-0.2, 0) is 26.9 Å². The molecule has 72 valence electrons. The Morgan fingerprint density at radius 1 is 0.727 bits per heavy atom. The first kappa shape index (κ1) is 47.5. The molecule has 0 fully saturated rings. The molecule has 0 spiro atoms. The van der Waals surface area contributed by atoms with Crippen molar-refractivity contribution in [3.8, 4) is 0 Å². The molecule has 0 aliphatic carbocycles. The van der Waals surface area contributed by atoms with Gasteiger partial charge in [-0.15, -0.1) is 0 Å². The van der Waals surface area contributed by atoms with Gasteiger partial charge in [0.1, 0.15) is 0 Å². The fourth-order valence-electron chi connectivity index (χ4n) is 0. The van der Waals surface area contributed by atoms with E-state index in [1.165, 1.54) is 0 Å². The molecule has 0 bridgehead atoms. The number of halogens is 8. The minimum atomic E-state index is -3.22. The summed E-state index contributed by atoms with van der Waals surface area (Å²) in [5.41, 5.74) is 0. The van der Waals surface area contributed by atoms with Gasteiger partial charge >= 0.3 is 27.6 Å². The van der Waals surface area contributed by atoms with Gasteiger partial charge in [-0.05, 0) is 33.7 Å². The smallest absolute Gasteiger partial charge is 1.00 e. The quantitative estimate of drug-likeness (QED) is 0.296. The molecule has 0 rings (SSSR count). The van der Waals surface area contributed by atoms with Gasteiger partial charge in [0, 0.05) is 0 Å². The summed E-state index contributed by atoms with van der Waals surface area (Å²) in [5, 5.41) is -3.22. The second-order valence-corrected chi connectivity index (χ2v) is 7.04. The molecular weight excluding hydrogens is 512 g/mol. The molecule has 0 aromatic carbocycles. The fourth-order valence-corrected chi connectivity index (χ4v) is 0. The number of rotatable bonds is 0. The van der Waals surface area contributed by atoms with Crippen LogP contribution >= 0.6 is 38.9 Å². The Morgan fingerprint density at radius 3 is 0.727 bits per heavy atom. The summed E-state index contributed by atoms with van der Waals surface area (Å²) in [6.45, 7) is 0. The van der Waals surface area contributed by atoms with Gasteiger partial charge in [0.15, 0.2) is 0 Å². The van der Waals surface area contributed by atoms with Crippen molar-refractivity contribution >= 4 is 38.9 Å². The first-order chi connectivity index (χ1) is 2.00. The van der Waals surface area contributed by atoms with Crippen molar-refractivity contribution in [3.05, 3.63) is 0 Å². The third kappa shape index (κ3) is 156.